The van der Waals surface area contributed by atoms with Gasteiger partial charge in [-0.25, -0.2) is 0 Å². The first-order valence-electron chi connectivity index (χ1n) is 6.37. The molecule has 0 amide bonds. The Morgan fingerprint density at radius 1 is 1.05 bits per heavy atom. The normalized spacial score (nSPS) is 13.9. The zero-order chi connectivity index (χ0) is 13.2. The van der Waals surface area contributed by atoms with E-state index in [4.69, 9.17) is 0 Å². The third-order valence-corrected chi connectivity index (χ3v) is 3.92. The number of fused-ring (bicyclic) bond motifs is 1. The third kappa shape index (κ3) is 2.71. The first-order chi connectivity index (χ1) is 9.22. The van der Waals surface area contributed by atoms with Crippen molar-refractivity contribution in [3.05, 3.63) is 57.6 Å². The fourth-order valence-electron chi connectivity index (χ4n) is 2.41. The topological polar surface area (TPSA) is 32.6 Å². The van der Waals surface area contributed by atoms with E-state index in [0.29, 0.717) is 0 Å². The number of benzene rings is 2. The standard InChI is InChI=1S/C16H14BrNO/c17-14-5-7-16(19)13(8-14)10-18-15-6-4-11-2-1-3-12(11)9-15/h4-10,19H,1-3H2. The van der Waals surface area contributed by atoms with Gasteiger partial charge in [-0.15, -0.1) is 0 Å². The Bertz CT molecular complexity index is 649. The lowest BCUT2D eigenvalue weighted by Gasteiger charge is -2.01. The van der Waals surface area contributed by atoms with Gasteiger partial charge in [0, 0.05) is 16.3 Å². The van der Waals surface area contributed by atoms with E-state index < -0.39 is 0 Å². The van der Waals surface area contributed by atoms with Crippen LogP contribution in [0.5, 0.6) is 5.75 Å². The number of phenols is 1. The summed E-state index contributed by atoms with van der Waals surface area (Å²) in [5.74, 6) is 0.244. The van der Waals surface area contributed by atoms with Gasteiger partial charge < -0.3 is 5.11 Å². The molecule has 0 radical (unpaired) electrons. The third-order valence-electron chi connectivity index (χ3n) is 3.42. The molecule has 0 aromatic heterocycles. The minimum absolute atomic E-state index is 0.244. The van der Waals surface area contributed by atoms with Crippen molar-refractivity contribution in [1.82, 2.24) is 0 Å². The van der Waals surface area contributed by atoms with Gasteiger partial charge in [-0.3, -0.25) is 4.99 Å². The van der Waals surface area contributed by atoms with Crippen LogP contribution < -0.4 is 0 Å². The summed E-state index contributed by atoms with van der Waals surface area (Å²) in [5.41, 5.74) is 4.52. The molecule has 0 heterocycles. The average Bonchev–Trinajstić information content (AvgIpc) is 2.87. The van der Waals surface area contributed by atoms with Crippen LogP contribution in [0.3, 0.4) is 0 Å². The highest BCUT2D eigenvalue weighted by molar-refractivity contribution is 9.10. The minimum Gasteiger partial charge on any atom is -0.507 e. The maximum atomic E-state index is 9.76. The Morgan fingerprint density at radius 3 is 2.79 bits per heavy atom. The highest BCUT2D eigenvalue weighted by Crippen LogP contribution is 2.27. The second kappa shape index (κ2) is 5.17. The molecule has 3 heteroatoms. The van der Waals surface area contributed by atoms with Gasteiger partial charge in [-0.05, 0) is 60.7 Å². The number of aryl methyl sites for hydroxylation is 2. The molecule has 0 unspecified atom stereocenters. The van der Waals surface area contributed by atoms with Crippen LogP contribution in [0.25, 0.3) is 0 Å². The van der Waals surface area contributed by atoms with E-state index in [1.807, 2.05) is 18.2 Å². The molecule has 19 heavy (non-hydrogen) atoms. The summed E-state index contributed by atoms with van der Waals surface area (Å²) in [6, 6.07) is 11.7. The number of halogens is 1. The van der Waals surface area contributed by atoms with E-state index in [9.17, 15) is 5.11 Å². The van der Waals surface area contributed by atoms with Gasteiger partial charge in [0.2, 0.25) is 0 Å². The molecule has 2 nitrogen and oxygen atoms in total. The summed E-state index contributed by atoms with van der Waals surface area (Å²) in [4.78, 5) is 4.45. The summed E-state index contributed by atoms with van der Waals surface area (Å²) in [5, 5.41) is 9.76. The molecular weight excluding hydrogens is 302 g/mol. The number of aromatic hydroxyl groups is 1. The number of hydrogen-bond donors (Lipinski definition) is 1. The van der Waals surface area contributed by atoms with Crippen molar-refractivity contribution in [2.45, 2.75) is 19.3 Å². The zero-order valence-electron chi connectivity index (χ0n) is 10.4. The van der Waals surface area contributed by atoms with Gasteiger partial charge in [0.05, 0.1) is 5.69 Å². The fraction of sp³-hybridized carbons (Fsp3) is 0.188. The summed E-state index contributed by atoms with van der Waals surface area (Å²) in [7, 11) is 0. The molecule has 0 spiro atoms. The Morgan fingerprint density at radius 2 is 1.89 bits per heavy atom. The van der Waals surface area contributed by atoms with Crippen LogP contribution in [0.15, 0.2) is 45.9 Å². The second-order valence-corrected chi connectivity index (χ2v) is 5.68. The molecule has 0 saturated heterocycles. The van der Waals surface area contributed by atoms with Crippen molar-refractivity contribution in [2.75, 3.05) is 0 Å². The molecule has 1 N–H and O–H groups in total. The monoisotopic (exact) mass is 315 g/mol. The highest BCUT2D eigenvalue weighted by atomic mass is 79.9. The van der Waals surface area contributed by atoms with E-state index in [1.54, 1.807) is 12.3 Å². The fourth-order valence-corrected chi connectivity index (χ4v) is 2.79. The Labute approximate surface area is 120 Å². The summed E-state index contributed by atoms with van der Waals surface area (Å²) in [6.07, 6.45) is 5.29. The predicted molar refractivity (Wildman–Crippen MR) is 81.5 cm³/mol. The maximum Gasteiger partial charge on any atom is 0.124 e. The molecule has 0 fully saturated rings. The van der Waals surface area contributed by atoms with Crippen molar-refractivity contribution >= 4 is 27.8 Å². The van der Waals surface area contributed by atoms with Crippen LogP contribution in [-0.4, -0.2) is 11.3 Å². The number of rotatable bonds is 2. The molecule has 96 valence electrons. The average molecular weight is 316 g/mol. The van der Waals surface area contributed by atoms with E-state index in [1.165, 1.54) is 24.0 Å². The van der Waals surface area contributed by atoms with Gasteiger partial charge in [0.1, 0.15) is 5.75 Å². The smallest absolute Gasteiger partial charge is 0.124 e. The number of hydrogen-bond acceptors (Lipinski definition) is 2. The quantitative estimate of drug-likeness (QED) is 0.819. The summed E-state index contributed by atoms with van der Waals surface area (Å²) >= 11 is 3.39. The Kier molecular flexibility index (Phi) is 3.38. The largest absolute Gasteiger partial charge is 0.507 e. The van der Waals surface area contributed by atoms with Crippen LogP contribution >= 0.6 is 15.9 Å². The van der Waals surface area contributed by atoms with Crippen molar-refractivity contribution in [2.24, 2.45) is 4.99 Å². The molecule has 0 atom stereocenters. The van der Waals surface area contributed by atoms with Gasteiger partial charge in [0.15, 0.2) is 0 Å². The Balaban J connectivity index is 1.88. The van der Waals surface area contributed by atoms with Gasteiger partial charge in [0.25, 0.3) is 0 Å². The van der Waals surface area contributed by atoms with Gasteiger partial charge in [-0.2, -0.15) is 0 Å². The van der Waals surface area contributed by atoms with Crippen molar-refractivity contribution in [3.8, 4) is 5.75 Å². The molecular formula is C16H14BrNO. The molecule has 0 aliphatic heterocycles. The molecule has 2 aromatic carbocycles. The van der Waals surface area contributed by atoms with Gasteiger partial charge >= 0.3 is 0 Å². The predicted octanol–water partition coefficient (Wildman–Crippen LogP) is 4.39. The van der Waals surface area contributed by atoms with Crippen LogP contribution in [-0.2, 0) is 12.8 Å². The molecule has 3 rings (SSSR count). The number of phenolic OH excluding ortho intramolecular Hbond substituents is 1. The lowest BCUT2D eigenvalue weighted by atomic mass is 10.1. The molecule has 0 bridgehead atoms. The van der Waals surface area contributed by atoms with Crippen molar-refractivity contribution < 1.29 is 5.11 Å². The highest BCUT2D eigenvalue weighted by Gasteiger charge is 2.10. The van der Waals surface area contributed by atoms with Crippen LogP contribution in [0, 0.1) is 0 Å². The Hall–Kier alpha value is -1.61. The SMILES string of the molecule is Oc1ccc(Br)cc1C=Nc1ccc2c(c1)CCC2. The van der Waals surface area contributed by atoms with Crippen LogP contribution in [0.1, 0.15) is 23.1 Å². The van der Waals surface area contributed by atoms with Crippen molar-refractivity contribution in [1.29, 1.82) is 0 Å². The van der Waals surface area contributed by atoms with Crippen LogP contribution in [0.4, 0.5) is 5.69 Å². The van der Waals surface area contributed by atoms with E-state index in [2.05, 4.69) is 33.1 Å². The molecule has 0 saturated carbocycles. The van der Waals surface area contributed by atoms with E-state index >= 15 is 0 Å². The number of aliphatic imine (C=N–C) groups is 1. The van der Waals surface area contributed by atoms with Gasteiger partial charge in [-0.1, -0.05) is 22.0 Å². The lowest BCUT2D eigenvalue weighted by molar-refractivity contribution is 0.474. The molecule has 2 aromatic rings. The first-order valence-corrected chi connectivity index (χ1v) is 7.16. The molecule has 1 aliphatic carbocycles. The summed E-state index contributed by atoms with van der Waals surface area (Å²) in [6.45, 7) is 0. The van der Waals surface area contributed by atoms with Crippen LogP contribution in [0.2, 0.25) is 0 Å². The lowest BCUT2D eigenvalue weighted by Crippen LogP contribution is -1.84. The first kappa shape index (κ1) is 12.4. The summed E-state index contributed by atoms with van der Waals surface area (Å²) < 4.78 is 0.931. The van der Waals surface area contributed by atoms with Crippen molar-refractivity contribution in [3.63, 3.8) is 0 Å². The molecule has 1 aliphatic rings. The van der Waals surface area contributed by atoms with E-state index in [0.717, 1.165) is 22.1 Å². The second-order valence-electron chi connectivity index (χ2n) is 4.77. The zero-order valence-corrected chi connectivity index (χ0v) is 12.0. The minimum atomic E-state index is 0.244. The van der Waals surface area contributed by atoms with E-state index in [-0.39, 0.29) is 5.75 Å². The maximum absolute atomic E-state index is 9.76. The number of nitrogens with zero attached hydrogens (tertiary/aromatic N) is 1.